The summed E-state index contributed by atoms with van der Waals surface area (Å²) in [6.07, 6.45) is 5.31. The molecule has 0 radical (unpaired) electrons. The van der Waals surface area contributed by atoms with Gasteiger partial charge >= 0.3 is 0 Å². The number of hydrogen-bond acceptors (Lipinski definition) is 7. The highest BCUT2D eigenvalue weighted by molar-refractivity contribution is 8.04. The minimum Gasteiger partial charge on any atom is -0.342 e. The summed E-state index contributed by atoms with van der Waals surface area (Å²) in [5.41, 5.74) is 8.79. The quantitative estimate of drug-likeness (QED) is 0.773. The molecule has 1 saturated heterocycles. The predicted molar refractivity (Wildman–Crippen MR) is 113 cm³/mol. The molecule has 0 aliphatic carbocycles. The van der Waals surface area contributed by atoms with Crippen LogP contribution in [0, 0.1) is 5.92 Å². The molecule has 3 N–H and O–H groups in total. The van der Waals surface area contributed by atoms with E-state index in [-0.39, 0.29) is 0 Å². The SMILES string of the molecule is NCCC1CCN(C2=NC=C(Sc3cccc(Cl)c3Cl)C3=NNCN32)CC1. The lowest BCUT2D eigenvalue weighted by Crippen LogP contribution is -2.50. The smallest absolute Gasteiger partial charge is 0.208 e. The normalized spacial score (nSPS) is 20.0. The van der Waals surface area contributed by atoms with Crippen LogP contribution in [-0.2, 0) is 0 Å². The molecule has 3 aliphatic rings. The molecule has 27 heavy (non-hydrogen) atoms. The summed E-state index contributed by atoms with van der Waals surface area (Å²) >= 11 is 14.0. The summed E-state index contributed by atoms with van der Waals surface area (Å²) in [5.74, 6) is 2.57. The fourth-order valence-electron chi connectivity index (χ4n) is 3.58. The Bertz CT molecular complexity index is 801. The van der Waals surface area contributed by atoms with Crippen LogP contribution in [0.15, 0.2) is 44.3 Å². The molecular formula is C18H22Cl2N6S. The Hall–Kier alpha value is -1.41. The first-order valence-electron chi connectivity index (χ1n) is 9.10. The minimum absolute atomic E-state index is 0.547. The first kappa shape index (κ1) is 18.9. The molecular weight excluding hydrogens is 403 g/mol. The Kier molecular flexibility index (Phi) is 5.82. The van der Waals surface area contributed by atoms with Gasteiger partial charge in [0.15, 0.2) is 5.84 Å². The molecule has 0 spiro atoms. The average molecular weight is 425 g/mol. The van der Waals surface area contributed by atoms with E-state index in [4.69, 9.17) is 33.9 Å². The number of amidine groups is 1. The number of benzene rings is 1. The van der Waals surface area contributed by atoms with Crippen LogP contribution in [0.4, 0.5) is 0 Å². The Balaban J connectivity index is 1.53. The van der Waals surface area contributed by atoms with Crippen LogP contribution in [-0.4, -0.2) is 47.9 Å². The lowest BCUT2D eigenvalue weighted by molar-refractivity contribution is 0.243. The zero-order valence-corrected chi connectivity index (χ0v) is 17.2. The maximum absolute atomic E-state index is 6.34. The molecule has 144 valence electrons. The molecule has 3 aliphatic heterocycles. The summed E-state index contributed by atoms with van der Waals surface area (Å²) < 4.78 is 0. The molecule has 9 heteroatoms. The highest BCUT2D eigenvalue weighted by Gasteiger charge is 2.33. The summed E-state index contributed by atoms with van der Waals surface area (Å²) in [7, 11) is 0. The molecule has 0 saturated carbocycles. The second-order valence-corrected chi connectivity index (χ2v) is 8.63. The number of likely N-dealkylation sites (tertiary alicyclic amines) is 1. The molecule has 1 aromatic carbocycles. The van der Waals surface area contributed by atoms with Gasteiger partial charge in [0.25, 0.3) is 0 Å². The Morgan fingerprint density at radius 3 is 2.85 bits per heavy atom. The first-order valence-corrected chi connectivity index (χ1v) is 10.7. The summed E-state index contributed by atoms with van der Waals surface area (Å²) in [5, 5.41) is 5.58. The van der Waals surface area contributed by atoms with Crippen molar-refractivity contribution in [3.05, 3.63) is 39.3 Å². The van der Waals surface area contributed by atoms with E-state index < -0.39 is 0 Å². The van der Waals surface area contributed by atoms with Gasteiger partial charge in [-0.05, 0) is 43.9 Å². The van der Waals surface area contributed by atoms with Gasteiger partial charge in [0.1, 0.15) is 6.67 Å². The fraction of sp³-hybridized carbons (Fsp3) is 0.444. The van der Waals surface area contributed by atoms with Crippen LogP contribution in [0.3, 0.4) is 0 Å². The van der Waals surface area contributed by atoms with Crippen molar-refractivity contribution in [1.29, 1.82) is 0 Å². The molecule has 4 rings (SSSR count). The van der Waals surface area contributed by atoms with Crippen LogP contribution >= 0.6 is 35.0 Å². The molecule has 1 fully saturated rings. The molecule has 3 heterocycles. The number of nitrogens with two attached hydrogens (primary N) is 1. The van der Waals surface area contributed by atoms with E-state index >= 15 is 0 Å². The second-order valence-electron chi connectivity index (χ2n) is 6.76. The van der Waals surface area contributed by atoms with E-state index in [1.807, 2.05) is 18.3 Å². The zero-order valence-electron chi connectivity index (χ0n) is 14.9. The maximum atomic E-state index is 6.34. The topological polar surface area (TPSA) is 69.2 Å². The van der Waals surface area contributed by atoms with Crippen LogP contribution in [0.5, 0.6) is 0 Å². The third-order valence-electron chi connectivity index (χ3n) is 5.04. The number of fused-ring (bicyclic) bond motifs is 1. The summed E-state index contributed by atoms with van der Waals surface area (Å²) in [6, 6.07) is 5.63. The molecule has 6 nitrogen and oxygen atoms in total. The van der Waals surface area contributed by atoms with Crippen molar-refractivity contribution < 1.29 is 0 Å². The Morgan fingerprint density at radius 1 is 1.26 bits per heavy atom. The van der Waals surface area contributed by atoms with E-state index in [0.717, 1.165) is 66.4 Å². The zero-order chi connectivity index (χ0) is 18.8. The van der Waals surface area contributed by atoms with E-state index in [2.05, 4.69) is 20.3 Å². The van der Waals surface area contributed by atoms with Gasteiger partial charge in [0.05, 0.1) is 15.0 Å². The highest BCUT2D eigenvalue weighted by Crippen LogP contribution is 2.39. The lowest BCUT2D eigenvalue weighted by atomic mass is 9.94. The first-order chi connectivity index (χ1) is 13.2. The number of guanidine groups is 1. The van der Waals surface area contributed by atoms with Crippen LogP contribution < -0.4 is 11.2 Å². The van der Waals surface area contributed by atoms with Gasteiger partial charge < -0.3 is 10.6 Å². The largest absolute Gasteiger partial charge is 0.342 e. The molecule has 0 amide bonds. The molecule has 0 bridgehead atoms. The van der Waals surface area contributed by atoms with Crippen molar-refractivity contribution in [3.8, 4) is 0 Å². The van der Waals surface area contributed by atoms with E-state index in [9.17, 15) is 0 Å². The van der Waals surface area contributed by atoms with Crippen LogP contribution in [0.1, 0.15) is 19.3 Å². The number of hydrogen-bond donors (Lipinski definition) is 2. The maximum Gasteiger partial charge on any atom is 0.208 e. The van der Waals surface area contributed by atoms with Crippen molar-refractivity contribution in [2.24, 2.45) is 21.7 Å². The predicted octanol–water partition coefficient (Wildman–Crippen LogP) is 3.53. The third kappa shape index (κ3) is 3.92. The van der Waals surface area contributed by atoms with Gasteiger partial charge in [0, 0.05) is 24.2 Å². The minimum atomic E-state index is 0.547. The molecule has 1 aromatic rings. The third-order valence-corrected chi connectivity index (χ3v) is 7.04. The fourth-order valence-corrected chi connectivity index (χ4v) is 4.98. The van der Waals surface area contributed by atoms with Crippen molar-refractivity contribution in [2.75, 3.05) is 26.3 Å². The summed E-state index contributed by atoms with van der Waals surface area (Å²) in [4.78, 5) is 11.1. The molecule has 0 aromatic heterocycles. The van der Waals surface area contributed by atoms with Gasteiger partial charge in [0.2, 0.25) is 5.96 Å². The van der Waals surface area contributed by atoms with Crippen LogP contribution in [0.25, 0.3) is 0 Å². The number of hydrazone groups is 1. The lowest BCUT2D eigenvalue weighted by Gasteiger charge is -2.38. The number of nitrogens with one attached hydrogen (secondary N) is 1. The van der Waals surface area contributed by atoms with E-state index in [1.165, 1.54) is 11.8 Å². The van der Waals surface area contributed by atoms with Gasteiger partial charge in [-0.1, -0.05) is 41.0 Å². The van der Waals surface area contributed by atoms with Gasteiger partial charge in [-0.25, -0.2) is 4.99 Å². The van der Waals surface area contributed by atoms with Crippen molar-refractivity contribution in [1.82, 2.24) is 15.2 Å². The number of rotatable bonds is 4. The Labute approximate surface area is 173 Å². The average Bonchev–Trinajstić information content (AvgIpc) is 3.17. The van der Waals surface area contributed by atoms with E-state index in [1.54, 1.807) is 6.07 Å². The number of halogens is 2. The number of aliphatic imine (C=N–C) groups is 1. The van der Waals surface area contributed by atoms with Crippen molar-refractivity contribution in [3.63, 3.8) is 0 Å². The van der Waals surface area contributed by atoms with Gasteiger partial charge in [-0.3, -0.25) is 10.3 Å². The highest BCUT2D eigenvalue weighted by atomic mass is 35.5. The van der Waals surface area contributed by atoms with Crippen molar-refractivity contribution >= 4 is 46.8 Å². The molecule has 0 unspecified atom stereocenters. The van der Waals surface area contributed by atoms with E-state index in [0.29, 0.717) is 16.7 Å². The number of nitrogens with zero attached hydrogens (tertiary/aromatic N) is 4. The monoisotopic (exact) mass is 424 g/mol. The Morgan fingerprint density at radius 2 is 2.07 bits per heavy atom. The number of piperidine rings is 1. The summed E-state index contributed by atoms with van der Waals surface area (Å²) in [6.45, 7) is 3.40. The number of thioether (sulfide) groups is 1. The van der Waals surface area contributed by atoms with Crippen molar-refractivity contribution in [2.45, 2.75) is 24.2 Å². The standard InChI is InChI=1S/C18H22Cl2N6S/c19-13-2-1-3-14(16(13)20)27-15-10-22-18(26-11-23-24-17(15)26)25-8-5-12(4-7-21)6-9-25/h1-3,10,12,23H,4-9,11,21H2. The molecule has 0 atom stereocenters. The van der Waals surface area contributed by atoms with Gasteiger partial charge in [-0.2, -0.15) is 5.10 Å². The van der Waals surface area contributed by atoms with Crippen LogP contribution in [0.2, 0.25) is 10.0 Å². The second kappa shape index (κ2) is 8.31. The van der Waals surface area contributed by atoms with Gasteiger partial charge in [-0.15, -0.1) is 0 Å².